The van der Waals surface area contributed by atoms with Gasteiger partial charge in [-0.15, -0.1) is 0 Å². The minimum atomic E-state index is -3.46. The lowest BCUT2D eigenvalue weighted by molar-refractivity contribution is 0.261. The SMILES string of the molecule is CCC1CCCN(S(=O)(=O)c2ccc(=O)[nH]c2)C1. The van der Waals surface area contributed by atoms with Crippen LogP contribution in [0.1, 0.15) is 26.2 Å². The first kappa shape index (κ1) is 13.3. The number of H-pyrrole nitrogens is 1. The average molecular weight is 270 g/mol. The molecule has 0 amide bonds. The van der Waals surface area contributed by atoms with Gasteiger partial charge < -0.3 is 4.98 Å². The van der Waals surface area contributed by atoms with E-state index in [0.717, 1.165) is 19.3 Å². The zero-order valence-corrected chi connectivity index (χ0v) is 11.2. The molecule has 1 unspecified atom stereocenters. The predicted octanol–water partition coefficient (Wildman–Crippen LogP) is 1.19. The van der Waals surface area contributed by atoms with Crippen LogP contribution in [0.15, 0.2) is 28.0 Å². The van der Waals surface area contributed by atoms with E-state index in [2.05, 4.69) is 11.9 Å². The van der Waals surface area contributed by atoms with Gasteiger partial charge in [0.05, 0.1) is 4.90 Å². The molecule has 18 heavy (non-hydrogen) atoms. The predicted molar refractivity (Wildman–Crippen MR) is 68.8 cm³/mol. The monoisotopic (exact) mass is 270 g/mol. The molecule has 6 heteroatoms. The van der Waals surface area contributed by atoms with Crippen LogP contribution in [0, 0.1) is 5.92 Å². The van der Waals surface area contributed by atoms with Crippen molar-refractivity contribution in [3.63, 3.8) is 0 Å². The van der Waals surface area contributed by atoms with Crippen LogP contribution >= 0.6 is 0 Å². The number of pyridine rings is 1. The van der Waals surface area contributed by atoms with E-state index in [1.54, 1.807) is 0 Å². The first-order chi connectivity index (χ1) is 8.54. The summed E-state index contributed by atoms with van der Waals surface area (Å²) in [6.07, 6.45) is 4.26. The third-order valence-corrected chi connectivity index (χ3v) is 5.31. The Hall–Kier alpha value is -1.14. The number of hydrogen-bond donors (Lipinski definition) is 1. The van der Waals surface area contributed by atoms with Crippen LogP contribution in [0.2, 0.25) is 0 Å². The van der Waals surface area contributed by atoms with Crippen LogP contribution in [0.4, 0.5) is 0 Å². The topological polar surface area (TPSA) is 70.2 Å². The highest BCUT2D eigenvalue weighted by Crippen LogP contribution is 2.24. The fourth-order valence-electron chi connectivity index (χ4n) is 2.28. The van der Waals surface area contributed by atoms with Crippen molar-refractivity contribution in [2.45, 2.75) is 31.1 Å². The van der Waals surface area contributed by atoms with Gasteiger partial charge in [0.2, 0.25) is 15.6 Å². The van der Waals surface area contributed by atoms with Crippen LogP contribution in [0.3, 0.4) is 0 Å². The van der Waals surface area contributed by atoms with Gasteiger partial charge in [0.15, 0.2) is 0 Å². The molecule has 1 aromatic heterocycles. The summed E-state index contributed by atoms with van der Waals surface area (Å²) in [6, 6.07) is 2.61. The quantitative estimate of drug-likeness (QED) is 0.896. The van der Waals surface area contributed by atoms with E-state index in [9.17, 15) is 13.2 Å². The summed E-state index contributed by atoms with van der Waals surface area (Å²) in [6.45, 7) is 3.23. The molecule has 100 valence electrons. The van der Waals surface area contributed by atoms with E-state index in [4.69, 9.17) is 0 Å². The maximum atomic E-state index is 12.4. The van der Waals surface area contributed by atoms with Crippen LogP contribution in [0.25, 0.3) is 0 Å². The minimum Gasteiger partial charge on any atom is -0.328 e. The lowest BCUT2D eigenvalue weighted by atomic mass is 9.97. The normalized spacial score (nSPS) is 21.9. The Morgan fingerprint density at radius 1 is 1.44 bits per heavy atom. The number of aromatic amines is 1. The van der Waals surface area contributed by atoms with Gasteiger partial charge in [0, 0.05) is 25.4 Å². The number of nitrogens with one attached hydrogen (secondary N) is 1. The average Bonchev–Trinajstić information content (AvgIpc) is 2.39. The van der Waals surface area contributed by atoms with Crippen molar-refractivity contribution < 1.29 is 8.42 Å². The number of aromatic nitrogens is 1. The number of piperidine rings is 1. The molecular formula is C12H18N2O3S. The molecule has 2 heterocycles. The molecular weight excluding hydrogens is 252 g/mol. The zero-order chi connectivity index (χ0) is 13.2. The molecule has 1 saturated heterocycles. The Balaban J connectivity index is 2.25. The van der Waals surface area contributed by atoms with Crippen molar-refractivity contribution in [3.8, 4) is 0 Å². The highest BCUT2D eigenvalue weighted by Gasteiger charge is 2.29. The fraction of sp³-hybridized carbons (Fsp3) is 0.583. The van der Waals surface area contributed by atoms with Crippen molar-refractivity contribution >= 4 is 10.0 Å². The lowest BCUT2D eigenvalue weighted by Crippen LogP contribution is -2.39. The van der Waals surface area contributed by atoms with E-state index in [1.807, 2.05) is 0 Å². The van der Waals surface area contributed by atoms with E-state index in [0.29, 0.717) is 19.0 Å². The van der Waals surface area contributed by atoms with Gasteiger partial charge in [-0.2, -0.15) is 4.31 Å². The van der Waals surface area contributed by atoms with Crippen molar-refractivity contribution in [2.75, 3.05) is 13.1 Å². The number of nitrogens with zero attached hydrogens (tertiary/aromatic N) is 1. The second kappa shape index (κ2) is 5.24. The maximum Gasteiger partial charge on any atom is 0.247 e. The van der Waals surface area contributed by atoms with Crippen LogP contribution in [-0.4, -0.2) is 30.8 Å². The minimum absolute atomic E-state index is 0.166. The molecule has 0 saturated carbocycles. The third-order valence-electron chi connectivity index (χ3n) is 3.45. The van der Waals surface area contributed by atoms with Gasteiger partial charge in [-0.1, -0.05) is 13.3 Å². The van der Waals surface area contributed by atoms with Crippen molar-refractivity contribution in [1.82, 2.24) is 9.29 Å². The van der Waals surface area contributed by atoms with Gasteiger partial charge >= 0.3 is 0 Å². The molecule has 0 bridgehead atoms. The summed E-state index contributed by atoms with van der Waals surface area (Å²) < 4.78 is 26.3. The molecule has 1 atom stereocenters. The van der Waals surface area contributed by atoms with Gasteiger partial charge in [0.25, 0.3) is 0 Å². The van der Waals surface area contributed by atoms with Gasteiger partial charge in [0.1, 0.15) is 0 Å². The molecule has 5 nitrogen and oxygen atoms in total. The smallest absolute Gasteiger partial charge is 0.247 e. The summed E-state index contributed by atoms with van der Waals surface area (Å²) in [5.74, 6) is 0.441. The van der Waals surface area contributed by atoms with E-state index < -0.39 is 10.0 Å². The summed E-state index contributed by atoms with van der Waals surface area (Å²) in [7, 11) is -3.46. The summed E-state index contributed by atoms with van der Waals surface area (Å²) >= 11 is 0. The van der Waals surface area contributed by atoms with Crippen molar-refractivity contribution in [3.05, 3.63) is 28.7 Å². The van der Waals surface area contributed by atoms with Crippen LogP contribution in [-0.2, 0) is 10.0 Å². The molecule has 1 fully saturated rings. The second-order valence-electron chi connectivity index (χ2n) is 4.67. The Kier molecular flexibility index (Phi) is 3.87. The number of sulfonamides is 1. The van der Waals surface area contributed by atoms with Crippen molar-refractivity contribution in [1.29, 1.82) is 0 Å². The second-order valence-corrected chi connectivity index (χ2v) is 6.61. The fourth-order valence-corrected chi connectivity index (χ4v) is 3.81. The standard InChI is InChI=1S/C12H18N2O3S/c1-2-10-4-3-7-14(9-10)18(16,17)11-5-6-12(15)13-8-11/h5-6,8,10H,2-4,7,9H2,1H3,(H,13,15). The zero-order valence-electron chi connectivity index (χ0n) is 10.4. The Morgan fingerprint density at radius 3 is 2.83 bits per heavy atom. The lowest BCUT2D eigenvalue weighted by Gasteiger charge is -2.31. The van der Waals surface area contributed by atoms with E-state index in [-0.39, 0.29) is 10.5 Å². The molecule has 1 N–H and O–H groups in total. The molecule has 1 aromatic rings. The Labute approximate surface area is 107 Å². The Morgan fingerprint density at radius 2 is 2.22 bits per heavy atom. The van der Waals surface area contributed by atoms with Gasteiger partial charge in [-0.3, -0.25) is 4.79 Å². The molecule has 1 aliphatic rings. The maximum absolute atomic E-state index is 12.4. The third kappa shape index (κ3) is 2.64. The molecule has 0 aromatic carbocycles. The molecule has 0 radical (unpaired) electrons. The summed E-state index contributed by atoms with van der Waals surface area (Å²) in [4.78, 5) is 13.5. The highest BCUT2D eigenvalue weighted by molar-refractivity contribution is 7.89. The largest absolute Gasteiger partial charge is 0.328 e. The molecule has 1 aliphatic heterocycles. The summed E-state index contributed by atoms with van der Waals surface area (Å²) in [5.41, 5.74) is -0.293. The van der Waals surface area contributed by atoms with E-state index >= 15 is 0 Å². The number of rotatable bonds is 3. The first-order valence-electron chi connectivity index (χ1n) is 6.23. The number of hydrogen-bond acceptors (Lipinski definition) is 3. The summed E-state index contributed by atoms with van der Waals surface area (Å²) in [5, 5.41) is 0. The highest BCUT2D eigenvalue weighted by atomic mass is 32.2. The van der Waals surface area contributed by atoms with Crippen molar-refractivity contribution in [2.24, 2.45) is 5.92 Å². The molecule has 0 spiro atoms. The Bertz CT molecular complexity index is 544. The van der Waals surface area contributed by atoms with Crippen LogP contribution in [0.5, 0.6) is 0 Å². The molecule has 0 aliphatic carbocycles. The first-order valence-corrected chi connectivity index (χ1v) is 7.67. The van der Waals surface area contributed by atoms with Gasteiger partial charge in [-0.25, -0.2) is 8.42 Å². The van der Waals surface area contributed by atoms with Crippen LogP contribution < -0.4 is 5.56 Å². The van der Waals surface area contributed by atoms with Gasteiger partial charge in [-0.05, 0) is 24.8 Å². The van der Waals surface area contributed by atoms with E-state index in [1.165, 1.54) is 22.6 Å². The molecule has 2 rings (SSSR count).